The fraction of sp³-hybridized carbons (Fsp3) is 0.967. The van der Waals surface area contributed by atoms with Gasteiger partial charge in [0.05, 0.1) is 25.4 Å². The number of carbonyl (C=O) groups excluding carboxylic acids is 1. The first-order valence-corrected chi connectivity index (χ1v) is 15.1. The number of carbonyl (C=O) groups is 1. The zero-order chi connectivity index (χ0) is 25.7. The number of aliphatic hydroxyl groups excluding tert-OH is 2. The Morgan fingerprint density at radius 3 is 2.53 bits per heavy atom. The van der Waals surface area contributed by atoms with Crippen LogP contribution < -0.4 is 5.32 Å². The number of rotatable bonds is 6. The van der Waals surface area contributed by atoms with Crippen LogP contribution in [-0.4, -0.2) is 54.4 Å². The maximum absolute atomic E-state index is 12.2. The first kappa shape index (κ1) is 26.7. The maximum Gasteiger partial charge on any atom is 0.407 e. The van der Waals surface area contributed by atoms with Crippen molar-refractivity contribution in [3.8, 4) is 0 Å². The Balaban J connectivity index is 1.24. The molecule has 12 atom stereocenters. The molecule has 5 aliphatic rings. The largest absolute Gasteiger partial charge is 0.444 e. The fourth-order valence-electron chi connectivity index (χ4n) is 10.3. The molecule has 0 aromatic rings. The minimum atomic E-state index is -0.315. The second-order valence-corrected chi connectivity index (χ2v) is 13.7. The molecule has 4 aliphatic carbocycles. The molecule has 0 radical (unpaired) electrons. The van der Waals surface area contributed by atoms with E-state index in [1.165, 1.54) is 25.7 Å². The van der Waals surface area contributed by atoms with Gasteiger partial charge >= 0.3 is 6.09 Å². The van der Waals surface area contributed by atoms with Gasteiger partial charge in [-0.15, -0.1) is 0 Å². The molecule has 206 valence electrons. The molecule has 5 rings (SSSR count). The van der Waals surface area contributed by atoms with E-state index in [0.717, 1.165) is 38.5 Å². The number of fused-ring (bicyclic) bond motifs is 5. The Labute approximate surface area is 218 Å². The quantitative estimate of drug-likeness (QED) is 0.464. The third kappa shape index (κ3) is 4.51. The lowest BCUT2D eigenvalue weighted by Gasteiger charge is -2.64. The van der Waals surface area contributed by atoms with Crippen LogP contribution >= 0.6 is 0 Å². The van der Waals surface area contributed by atoms with Crippen molar-refractivity contribution >= 4 is 6.09 Å². The molecule has 0 spiro atoms. The van der Waals surface area contributed by atoms with Crippen LogP contribution in [0.3, 0.4) is 0 Å². The van der Waals surface area contributed by atoms with Gasteiger partial charge in [0.1, 0.15) is 6.10 Å². The summed E-state index contributed by atoms with van der Waals surface area (Å²) in [6.07, 6.45) is 9.75. The SMILES string of the molecule is CC[C@H]1[C@@H](O)[C@@H]2[C@H](CC[C@]3(C)[C@@H]([C@H](C)CCNC(=O)O[C@@H]4CCOC4)CC[C@@H]23)[C@@]2(C)CC[C@@H](O)C[C@@H]12. The molecule has 0 aromatic heterocycles. The van der Waals surface area contributed by atoms with E-state index in [9.17, 15) is 15.0 Å². The highest BCUT2D eigenvalue weighted by atomic mass is 16.6. The van der Waals surface area contributed by atoms with Gasteiger partial charge < -0.3 is 25.0 Å². The average Bonchev–Trinajstić information content (AvgIpc) is 3.47. The zero-order valence-electron chi connectivity index (χ0n) is 23.1. The molecule has 36 heavy (non-hydrogen) atoms. The molecular formula is C30H51NO5. The molecule has 0 unspecified atom stereocenters. The lowest BCUT2D eigenvalue weighted by atomic mass is 9.41. The van der Waals surface area contributed by atoms with Crippen molar-refractivity contribution in [1.29, 1.82) is 0 Å². The average molecular weight is 506 g/mol. The molecular weight excluding hydrogens is 454 g/mol. The Morgan fingerprint density at radius 1 is 1.06 bits per heavy atom. The van der Waals surface area contributed by atoms with Crippen LogP contribution in [0.5, 0.6) is 0 Å². The van der Waals surface area contributed by atoms with E-state index in [1.807, 2.05) is 0 Å². The first-order chi connectivity index (χ1) is 17.2. The van der Waals surface area contributed by atoms with Gasteiger partial charge in [-0.05, 0) is 104 Å². The second-order valence-electron chi connectivity index (χ2n) is 13.7. The summed E-state index contributed by atoms with van der Waals surface area (Å²) >= 11 is 0. The highest BCUT2D eigenvalue weighted by Gasteiger charge is 2.64. The van der Waals surface area contributed by atoms with Crippen LogP contribution in [0, 0.1) is 52.3 Å². The molecule has 4 saturated carbocycles. The number of hydrogen-bond donors (Lipinski definition) is 3. The molecule has 1 amide bonds. The van der Waals surface area contributed by atoms with E-state index in [2.05, 4.69) is 33.0 Å². The van der Waals surface area contributed by atoms with Crippen LogP contribution in [0.1, 0.15) is 91.9 Å². The van der Waals surface area contributed by atoms with Crippen LogP contribution in [-0.2, 0) is 9.47 Å². The smallest absolute Gasteiger partial charge is 0.407 e. The highest BCUT2D eigenvalue weighted by molar-refractivity contribution is 5.67. The van der Waals surface area contributed by atoms with E-state index in [1.54, 1.807) is 0 Å². The van der Waals surface area contributed by atoms with Crippen LogP contribution in [0.15, 0.2) is 0 Å². The monoisotopic (exact) mass is 505 g/mol. The summed E-state index contributed by atoms with van der Waals surface area (Å²) in [5.41, 5.74) is 0.516. The predicted molar refractivity (Wildman–Crippen MR) is 139 cm³/mol. The summed E-state index contributed by atoms with van der Waals surface area (Å²) in [6.45, 7) is 11.5. The summed E-state index contributed by atoms with van der Waals surface area (Å²) in [5, 5.41) is 25.3. The lowest BCUT2D eigenvalue weighted by molar-refractivity contribution is -0.203. The van der Waals surface area contributed by atoms with E-state index < -0.39 is 0 Å². The summed E-state index contributed by atoms with van der Waals surface area (Å²) in [7, 11) is 0. The second kappa shape index (κ2) is 10.4. The van der Waals surface area contributed by atoms with Crippen molar-refractivity contribution < 1.29 is 24.5 Å². The summed E-state index contributed by atoms with van der Waals surface area (Å²) in [5.74, 6) is 3.48. The van der Waals surface area contributed by atoms with Gasteiger partial charge in [0.25, 0.3) is 0 Å². The van der Waals surface area contributed by atoms with Crippen molar-refractivity contribution in [2.75, 3.05) is 19.8 Å². The number of ether oxygens (including phenoxy) is 2. The minimum absolute atomic E-state index is 0.102. The van der Waals surface area contributed by atoms with E-state index >= 15 is 0 Å². The Kier molecular flexibility index (Phi) is 7.71. The number of nitrogens with one attached hydrogen (secondary N) is 1. The lowest BCUT2D eigenvalue weighted by Crippen LogP contribution is -2.62. The molecule has 1 saturated heterocycles. The molecule has 6 nitrogen and oxygen atoms in total. The third-order valence-electron chi connectivity index (χ3n) is 12.2. The molecule has 1 aliphatic heterocycles. The van der Waals surface area contributed by atoms with Crippen molar-refractivity contribution in [1.82, 2.24) is 5.32 Å². The summed E-state index contributed by atoms with van der Waals surface area (Å²) in [6, 6.07) is 0. The molecule has 0 bridgehead atoms. The van der Waals surface area contributed by atoms with Gasteiger partial charge in [0, 0.05) is 13.0 Å². The van der Waals surface area contributed by atoms with Crippen molar-refractivity contribution in [3.63, 3.8) is 0 Å². The normalized spacial score (nSPS) is 49.0. The zero-order valence-corrected chi connectivity index (χ0v) is 23.1. The van der Waals surface area contributed by atoms with E-state index in [4.69, 9.17) is 9.47 Å². The van der Waals surface area contributed by atoms with Gasteiger partial charge in [-0.3, -0.25) is 0 Å². The third-order valence-corrected chi connectivity index (χ3v) is 12.2. The van der Waals surface area contributed by atoms with Crippen molar-refractivity contribution in [3.05, 3.63) is 0 Å². The Bertz CT molecular complexity index is 785. The number of aliphatic hydroxyl groups is 2. The number of hydrogen-bond acceptors (Lipinski definition) is 5. The molecule has 3 N–H and O–H groups in total. The van der Waals surface area contributed by atoms with Gasteiger partial charge in [0.2, 0.25) is 0 Å². The van der Waals surface area contributed by atoms with Gasteiger partial charge in [-0.2, -0.15) is 0 Å². The van der Waals surface area contributed by atoms with Crippen LogP contribution in [0.4, 0.5) is 4.79 Å². The topological polar surface area (TPSA) is 88.0 Å². The first-order valence-electron chi connectivity index (χ1n) is 15.1. The standard InChI is InChI=1S/C30H51NO5/c1-5-21-25-16-19(32)8-12-30(25,4)24-9-13-29(3)22(6-7-23(29)26(24)27(21)33)18(2)10-14-31-28(34)36-20-11-15-35-17-20/h18-27,32-33H,5-17H2,1-4H3,(H,31,34)/t18-,19-,20-,21-,22-,23+,24+,25+,26+,27-,29-,30-/m1/s1. The predicted octanol–water partition coefficient (Wildman–Crippen LogP) is 5.15. The molecule has 6 heteroatoms. The van der Waals surface area contributed by atoms with Crippen molar-refractivity contribution in [2.45, 2.75) is 110 Å². The fourth-order valence-corrected chi connectivity index (χ4v) is 10.3. The van der Waals surface area contributed by atoms with Crippen LogP contribution in [0.25, 0.3) is 0 Å². The maximum atomic E-state index is 12.2. The highest BCUT2D eigenvalue weighted by Crippen LogP contribution is 2.69. The summed E-state index contributed by atoms with van der Waals surface area (Å²) < 4.78 is 10.8. The molecule has 1 heterocycles. The van der Waals surface area contributed by atoms with Gasteiger partial charge in [-0.25, -0.2) is 4.79 Å². The van der Waals surface area contributed by atoms with Gasteiger partial charge in [0.15, 0.2) is 0 Å². The van der Waals surface area contributed by atoms with E-state index in [-0.39, 0.29) is 35.2 Å². The Hall–Kier alpha value is -0.850. The van der Waals surface area contributed by atoms with Crippen molar-refractivity contribution in [2.24, 2.45) is 52.3 Å². The Morgan fingerprint density at radius 2 is 1.81 bits per heavy atom. The van der Waals surface area contributed by atoms with E-state index in [0.29, 0.717) is 61.2 Å². The molecule has 0 aromatic carbocycles. The minimum Gasteiger partial charge on any atom is -0.444 e. The number of amides is 1. The summed E-state index contributed by atoms with van der Waals surface area (Å²) in [4.78, 5) is 12.2. The number of alkyl carbamates (subject to hydrolysis) is 1. The molecule has 5 fully saturated rings. The van der Waals surface area contributed by atoms with Crippen LogP contribution in [0.2, 0.25) is 0 Å². The van der Waals surface area contributed by atoms with Gasteiger partial charge in [-0.1, -0.05) is 34.1 Å².